The fourth-order valence-corrected chi connectivity index (χ4v) is 2.52. The van der Waals surface area contributed by atoms with Crippen LogP contribution in [0.4, 0.5) is 0 Å². The Bertz CT molecular complexity index is 233. The van der Waals surface area contributed by atoms with E-state index in [1.54, 1.807) is 0 Å². The standard InChI is InChI=1S/C13H26N2O2/c1-3-15(11-8-13(16)17)10-7-12-6-4-5-9-14(12)2/h12H,3-11H2,1-2H3,(H,16,17). The van der Waals surface area contributed by atoms with Crippen LogP contribution in [0.25, 0.3) is 0 Å². The van der Waals surface area contributed by atoms with Gasteiger partial charge in [-0.05, 0) is 45.9 Å². The molecule has 0 radical (unpaired) electrons. The molecule has 0 aromatic heterocycles. The predicted molar refractivity (Wildman–Crippen MR) is 69.3 cm³/mol. The minimum absolute atomic E-state index is 0.258. The van der Waals surface area contributed by atoms with Crippen molar-refractivity contribution in [1.82, 2.24) is 9.80 Å². The van der Waals surface area contributed by atoms with Crippen molar-refractivity contribution in [3.05, 3.63) is 0 Å². The summed E-state index contributed by atoms with van der Waals surface area (Å²) in [7, 11) is 2.21. The summed E-state index contributed by atoms with van der Waals surface area (Å²) in [4.78, 5) is 15.2. The zero-order valence-corrected chi connectivity index (χ0v) is 11.2. The first-order valence-electron chi connectivity index (χ1n) is 6.78. The highest BCUT2D eigenvalue weighted by atomic mass is 16.4. The number of carboxylic acid groups (broad SMARTS) is 1. The first-order chi connectivity index (χ1) is 8.13. The molecule has 1 aliphatic heterocycles. The Balaban J connectivity index is 2.23. The van der Waals surface area contributed by atoms with Crippen molar-refractivity contribution in [2.45, 2.75) is 45.1 Å². The number of hydrogen-bond donors (Lipinski definition) is 1. The van der Waals surface area contributed by atoms with Crippen molar-refractivity contribution in [3.63, 3.8) is 0 Å². The number of piperidine rings is 1. The summed E-state index contributed by atoms with van der Waals surface area (Å²) < 4.78 is 0. The number of rotatable bonds is 7. The summed E-state index contributed by atoms with van der Waals surface area (Å²) in [6.07, 6.45) is 5.39. The van der Waals surface area contributed by atoms with E-state index in [0.29, 0.717) is 12.6 Å². The SMILES string of the molecule is CCN(CCC(=O)O)CCC1CCCCN1C. The molecule has 1 rings (SSSR count). The molecule has 0 aromatic carbocycles. The molecule has 4 nitrogen and oxygen atoms in total. The summed E-state index contributed by atoms with van der Waals surface area (Å²) in [5, 5.41) is 8.68. The van der Waals surface area contributed by atoms with Crippen LogP contribution in [-0.2, 0) is 4.79 Å². The summed E-state index contributed by atoms with van der Waals surface area (Å²) in [5.41, 5.74) is 0. The molecule has 0 bridgehead atoms. The molecule has 0 aromatic rings. The molecule has 17 heavy (non-hydrogen) atoms. The molecule has 4 heteroatoms. The topological polar surface area (TPSA) is 43.8 Å². The quantitative estimate of drug-likeness (QED) is 0.737. The molecule has 0 saturated carbocycles. The highest BCUT2D eigenvalue weighted by Crippen LogP contribution is 2.17. The molecule has 1 aliphatic rings. The van der Waals surface area contributed by atoms with E-state index in [1.165, 1.54) is 32.2 Å². The molecule has 1 heterocycles. The monoisotopic (exact) mass is 242 g/mol. The van der Waals surface area contributed by atoms with Crippen LogP contribution in [0.3, 0.4) is 0 Å². The summed E-state index contributed by atoms with van der Waals surface area (Å²) >= 11 is 0. The minimum atomic E-state index is -0.696. The van der Waals surface area contributed by atoms with E-state index in [1.807, 2.05) is 0 Å². The molecule has 0 spiro atoms. The molecule has 1 unspecified atom stereocenters. The maximum atomic E-state index is 10.5. The number of nitrogens with zero attached hydrogens (tertiary/aromatic N) is 2. The summed E-state index contributed by atoms with van der Waals surface area (Å²) in [5.74, 6) is -0.696. The Kier molecular flexibility index (Phi) is 6.52. The number of aliphatic carboxylic acids is 1. The highest BCUT2D eigenvalue weighted by molar-refractivity contribution is 5.66. The van der Waals surface area contributed by atoms with Crippen LogP contribution >= 0.6 is 0 Å². The van der Waals surface area contributed by atoms with Crippen molar-refractivity contribution in [1.29, 1.82) is 0 Å². The normalized spacial score (nSPS) is 21.9. The zero-order valence-electron chi connectivity index (χ0n) is 11.2. The van der Waals surface area contributed by atoms with Gasteiger partial charge in [-0.1, -0.05) is 13.3 Å². The number of carboxylic acids is 1. The van der Waals surface area contributed by atoms with Gasteiger partial charge >= 0.3 is 5.97 Å². The van der Waals surface area contributed by atoms with Gasteiger partial charge in [-0.2, -0.15) is 0 Å². The van der Waals surface area contributed by atoms with Crippen LogP contribution in [0.1, 0.15) is 39.0 Å². The Morgan fingerprint density at radius 3 is 2.76 bits per heavy atom. The van der Waals surface area contributed by atoms with Gasteiger partial charge in [0.1, 0.15) is 0 Å². The van der Waals surface area contributed by atoms with Gasteiger partial charge in [-0.25, -0.2) is 0 Å². The molecule has 0 aliphatic carbocycles. The summed E-state index contributed by atoms with van der Waals surface area (Å²) in [6, 6.07) is 0.697. The fourth-order valence-electron chi connectivity index (χ4n) is 2.52. The van der Waals surface area contributed by atoms with Gasteiger partial charge in [0.15, 0.2) is 0 Å². The third-order valence-electron chi connectivity index (χ3n) is 3.79. The summed E-state index contributed by atoms with van der Waals surface area (Å²) in [6.45, 7) is 5.98. The largest absolute Gasteiger partial charge is 0.481 e. The van der Waals surface area contributed by atoms with E-state index in [9.17, 15) is 4.79 Å². The maximum Gasteiger partial charge on any atom is 0.304 e. The van der Waals surface area contributed by atoms with Gasteiger partial charge in [-0.15, -0.1) is 0 Å². The third kappa shape index (κ3) is 5.50. The first kappa shape index (κ1) is 14.5. The smallest absolute Gasteiger partial charge is 0.304 e. The maximum absolute atomic E-state index is 10.5. The van der Waals surface area contributed by atoms with Crippen LogP contribution in [0.15, 0.2) is 0 Å². The molecule has 1 N–H and O–H groups in total. The molecular formula is C13H26N2O2. The molecular weight excluding hydrogens is 216 g/mol. The highest BCUT2D eigenvalue weighted by Gasteiger charge is 2.19. The van der Waals surface area contributed by atoms with Crippen molar-refractivity contribution in [2.75, 3.05) is 33.2 Å². The van der Waals surface area contributed by atoms with Gasteiger partial charge in [0.05, 0.1) is 6.42 Å². The van der Waals surface area contributed by atoms with Crippen LogP contribution in [0, 0.1) is 0 Å². The van der Waals surface area contributed by atoms with Crippen LogP contribution in [0.2, 0.25) is 0 Å². The van der Waals surface area contributed by atoms with E-state index in [4.69, 9.17) is 5.11 Å². The van der Waals surface area contributed by atoms with Crippen molar-refractivity contribution in [3.8, 4) is 0 Å². The van der Waals surface area contributed by atoms with Crippen molar-refractivity contribution < 1.29 is 9.90 Å². The lowest BCUT2D eigenvalue weighted by Crippen LogP contribution is -2.39. The van der Waals surface area contributed by atoms with Crippen LogP contribution < -0.4 is 0 Å². The lowest BCUT2D eigenvalue weighted by molar-refractivity contribution is -0.137. The average molecular weight is 242 g/mol. The molecule has 100 valence electrons. The second-order valence-electron chi connectivity index (χ2n) is 5.00. The first-order valence-corrected chi connectivity index (χ1v) is 6.78. The Morgan fingerprint density at radius 2 is 2.18 bits per heavy atom. The average Bonchev–Trinajstić information content (AvgIpc) is 2.31. The van der Waals surface area contributed by atoms with Gasteiger partial charge in [0.2, 0.25) is 0 Å². The lowest BCUT2D eigenvalue weighted by Gasteiger charge is -2.34. The van der Waals surface area contributed by atoms with E-state index in [-0.39, 0.29) is 6.42 Å². The molecule has 1 fully saturated rings. The van der Waals surface area contributed by atoms with Crippen molar-refractivity contribution in [2.24, 2.45) is 0 Å². The van der Waals surface area contributed by atoms with Crippen LogP contribution in [0.5, 0.6) is 0 Å². The predicted octanol–water partition coefficient (Wildman–Crippen LogP) is 1.66. The number of hydrogen-bond acceptors (Lipinski definition) is 3. The Morgan fingerprint density at radius 1 is 1.41 bits per heavy atom. The second kappa shape index (κ2) is 7.67. The van der Waals surface area contributed by atoms with E-state index in [2.05, 4.69) is 23.8 Å². The molecule has 1 atom stereocenters. The van der Waals surface area contributed by atoms with E-state index in [0.717, 1.165) is 13.1 Å². The lowest BCUT2D eigenvalue weighted by atomic mass is 10.00. The van der Waals surface area contributed by atoms with Crippen molar-refractivity contribution >= 4 is 5.97 Å². The zero-order chi connectivity index (χ0) is 12.7. The second-order valence-corrected chi connectivity index (χ2v) is 5.00. The number of likely N-dealkylation sites (tertiary alicyclic amines) is 1. The molecule has 0 amide bonds. The third-order valence-corrected chi connectivity index (χ3v) is 3.79. The fraction of sp³-hybridized carbons (Fsp3) is 0.923. The number of carbonyl (C=O) groups is 1. The Hall–Kier alpha value is -0.610. The minimum Gasteiger partial charge on any atom is -0.481 e. The molecule has 1 saturated heterocycles. The Labute approximate surface area is 105 Å². The van der Waals surface area contributed by atoms with E-state index >= 15 is 0 Å². The van der Waals surface area contributed by atoms with Gasteiger partial charge in [-0.3, -0.25) is 4.79 Å². The van der Waals surface area contributed by atoms with E-state index < -0.39 is 5.97 Å². The van der Waals surface area contributed by atoms with Gasteiger partial charge in [0, 0.05) is 12.6 Å². The van der Waals surface area contributed by atoms with Gasteiger partial charge in [0.25, 0.3) is 0 Å². The van der Waals surface area contributed by atoms with Gasteiger partial charge < -0.3 is 14.9 Å². The van der Waals surface area contributed by atoms with Crippen LogP contribution in [-0.4, -0.2) is 60.1 Å².